The van der Waals surface area contributed by atoms with E-state index < -0.39 is 11.9 Å². The molecule has 0 aliphatic carbocycles. The molecule has 102 valence electrons. The first-order valence-electron chi connectivity index (χ1n) is 5.99. The van der Waals surface area contributed by atoms with Gasteiger partial charge in [0.05, 0.1) is 13.2 Å². The normalized spacial score (nSPS) is 18.3. The largest absolute Gasteiger partial charge is 0.478 e. The van der Waals surface area contributed by atoms with Crippen LogP contribution in [0.15, 0.2) is 11.1 Å². The lowest BCUT2D eigenvalue weighted by atomic mass is 10.0. The molecular weight excluding hydrogens is 238 g/mol. The molecule has 0 aromatic rings. The standard InChI is InChI=1S/C12H19NO5/c1-9(11(14)15)10(12(16)17)3-2-4-13-5-7-18-8-6-13/h2-8H2,1H3,(H,14,15)(H,16,17)/b10-9+. The minimum absolute atomic E-state index is 0.00393. The van der Waals surface area contributed by atoms with Gasteiger partial charge in [-0.05, 0) is 26.3 Å². The topological polar surface area (TPSA) is 87.1 Å². The van der Waals surface area contributed by atoms with E-state index in [4.69, 9.17) is 14.9 Å². The van der Waals surface area contributed by atoms with Crippen LogP contribution in [-0.2, 0) is 14.3 Å². The third-order valence-electron chi connectivity index (χ3n) is 3.04. The summed E-state index contributed by atoms with van der Waals surface area (Å²) in [6, 6.07) is 0. The maximum atomic E-state index is 11.0. The predicted molar refractivity (Wildman–Crippen MR) is 64.5 cm³/mol. The van der Waals surface area contributed by atoms with Gasteiger partial charge in [0.2, 0.25) is 0 Å². The smallest absolute Gasteiger partial charge is 0.332 e. The Bertz CT molecular complexity index is 344. The number of rotatable bonds is 6. The summed E-state index contributed by atoms with van der Waals surface area (Å²) < 4.78 is 5.21. The third-order valence-corrected chi connectivity index (χ3v) is 3.04. The second-order valence-corrected chi connectivity index (χ2v) is 4.27. The van der Waals surface area contributed by atoms with E-state index in [0.29, 0.717) is 19.6 Å². The summed E-state index contributed by atoms with van der Waals surface area (Å²) in [6.07, 6.45) is 0.928. The van der Waals surface area contributed by atoms with E-state index in [-0.39, 0.29) is 17.6 Å². The Kier molecular flexibility index (Phi) is 5.80. The molecule has 0 bridgehead atoms. The van der Waals surface area contributed by atoms with Crippen LogP contribution in [-0.4, -0.2) is 59.9 Å². The van der Waals surface area contributed by atoms with Gasteiger partial charge in [0.25, 0.3) is 0 Å². The highest BCUT2D eigenvalue weighted by Gasteiger charge is 2.17. The Hall–Kier alpha value is -1.40. The van der Waals surface area contributed by atoms with Crippen molar-refractivity contribution in [2.24, 2.45) is 0 Å². The van der Waals surface area contributed by atoms with Gasteiger partial charge in [0, 0.05) is 24.2 Å². The van der Waals surface area contributed by atoms with Crippen LogP contribution in [0, 0.1) is 0 Å². The fourth-order valence-electron chi connectivity index (χ4n) is 1.89. The van der Waals surface area contributed by atoms with E-state index in [1.54, 1.807) is 0 Å². The summed E-state index contributed by atoms with van der Waals surface area (Å²) in [5, 5.41) is 17.8. The summed E-state index contributed by atoms with van der Waals surface area (Å²) in [6.45, 7) is 5.22. The van der Waals surface area contributed by atoms with Crippen molar-refractivity contribution in [2.75, 3.05) is 32.8 Å². The van der Waals surface area contributed by atoms with Crippen LogP contribution in [0.25, 0.3) is 0 Å². The minimum atomic E-state index is -1.17. The van der Waals surface area contributed by atoms with Crippen LogP contribution < -0.4 is 0 Å². The summed E-state index contributed by atoms with van der Waals surface area (Å²) >= 11 is 0. The van der Waals surface area contributed by atoms with Gasteiger partial charge < -0.3 is 14.9 Å². The highest BCUT2D eigenvalue weighted by molar-refractivity contribution is 5.98. The Morgan fingerprint density at radius 1 is 1.17 bits per heavy atom. The van der Waals surface area contributed by atoms with Gasteiger partial charge >= 0.3 is 11.9 Å². The van der Waals surface area contributed by atoms with Gasteiger partial charge in [-0.1, -0.05) is 0 Å². The number of carboxylic acid groups (broad SMARTS) is 2. The van der Waals surface area contributed by atoms with Gasteiger partial charge in [-0.15, -0.1) is 0 Å². The van der Waals surface area contributed by atoms with Crippen LogP contribution in [0.4, 0.5) is 0 Å². The molecule has 1 heterocycles. The maximum absolute atomic E-state index is 11.0. The van der Waals surface area contributed by atoms with Crippen LogP contribution in [0.2, 0.25) is 0 Å². The zero-order valence-corrected chi connectivity index (χ0v) is 10.5. The van der Waals surface area contributed by atoms with E-state index in [1.807, 2.05) is 0 Å². The molecule has 1 rings (SSSR count). The SMILES string of the molecule is C/C(C(=O)O)=C(/CCCN1CCOCC1)C(=O)O. The molecular formula is C12H19NO5. The maximum Gasteiger partial charge on any atom is 0.332 e. The van der Waals surface area contributed by atoms with Crippen molar-refractivity contribution in [3.63, 3.8) is 0 Å². The van der Waals surface area contributed by atoms with E-state index in [2.05, 4.69) is 4.90 Å². The zero-order valence-electron chi connectivity index (χ0n) is 10.5. The van der Waals surface area contributed by atoms with Gasteiger partial charge in [-0.2, -0.15) is 0 Å². The van der Waals surface area contributed by atoms with Crippen LogP contribution in [0.5, 0.6) is 0 Å². The van der Waals surface area contributed by atoms with Crippen LogP contribution >= 0.6 is 0 Å². The number of carboxylic acids is 2. The molecule has 0 unspecified atom stereocenters. The molecule has 0 aromatic heterocycles. The summed E-state index contributed by atoms with van der Waals surface area (Å²) in [4.78, 5) is 23.9. The molecule has 0 aromatic carbocycles. The average molecular weight is 257 g/mol. The zero-order chi connectivity index (χ0) is 13.5. The molecule has 18 heavy (non-hydrogen) atoms. The number of hydrogen-bond acceptors (Lipinski definition) is 4. The molecule has 1 aliphatic heterocycles. The molecule has 0 amide bonds. The van der Waals surface area contributed by atoms with Gasteiger partial charge in [-0.3, -0.25) is 4.90 Å². The first kappa shape index (κ1) is 14.7. The van der Waals surface area contributed by atoms with E-state index >= 15 is 0 Å². The molecule has 1 saturated heterocycles. The second kappa shape index (κ2) is 7.13. The van der Waals surface area contributed by atoms with E-state index in [0.717, 1.165) is 19.6 Å². The molecule has 2 N–H and O–H groups in total. The number of hydrogen-bond donors (Lipinski definition) is 2. The quantitative estimate of drug-likeness (QED) is 0.677. The molecule has 0 atom stereocenters. The lowest BCUT2D eigenvalue weighted by molar-refractivity contribution is -0.136. The molecule has 6 nitrogen and oxygen atoms in total. The number of ether oxygens (including phenoxy) is 1. The monoisotopic (exact) mass is 257 g/mol. The molecule has 1 aliphatic rings. The fraction of sp³-hybridized carbons (Fsp3) is 0.667. The van der Waals surface area contributed by atoms with Gasteiger partial charge in [0.15, 0.2) is 0 Å². The Morgan fingerprint density at radius 2 is 1.78 bits per heavy atom. The molecule has 6 heteroatoms. The molecule has 0 spiro atoms. The summed E-state index contributed by atoms with van der Waals surface area (Å²) in [5.41, 5.74) is -0.0831. The van der Waals surface area contributed by atoms with Gasteiger partial charge in [-0.25, -0.2) is 9.59 Å². The van der Waals surface area contributed by atoms with Crippen molar-refractivity contribution in [3.05, 3.63) is 11.1 Å². The molecule has 0 saturated carbocycles. The predicted octanol–water partition coefficient (Wildman–Crippen LogP) is 0.585. The lowest BCUT2D eigenvalue weighted by Gasteiger charge is -2.26. The minimum Gasteiger partial charge on any atom is -0.478 e. The Morgan fingerprint density at radius 3 is 2.28 bits per heavy atom. The first-order chi connectivity index (χ1) is 8.52. The number of nitrogens with zero attached hydrogens (tertiary/aromatic N) is 1. The Labute approximate surface area is 106 Å². The number of carbonyl (C=O) groups is 2. The third kappa shape index (κ3) is 4.46. The molecule has 1 fully saturated rings. The van der Waals surface area contributed by atoms with Crippen LogP contribution in [0.3, 0.4) is 0 Å². The summed E-state index contributed by atoms with van der Waals surface area (Å²) in [7, 11) is 0. The highest BCUT2D eigenvalue weighted by atomic mass is 16.5. The lowest BCUT2D eigenvalue weighted by Crippen LogP contribution is -2.36. The van der Waals surface area contributed by atoms with Crippen molar-refractivity contribution >= 4 is 11.9 Å². The van der Waals surface area contributed by atoms with Gasteiger partial charge in [0.1, 0.15) is 0 Å². The van der Waals surface area contributed by atoms with Crippen molar-refractivity contribution in [1.29, 1.82) is 0 Å². The average Bonchev–Trinajstić information content (AvgIpc) is 2.34. The van der Waals surface area contributed by atoms with Crippen LogP contribution in [0.1, 0.15) is 19.8 Å². The van der Waals surface area contributed by atoms with Crippen molar-refractivity contribution in [2.45, 2.75) is 19.8 Å². The highest BCUT2D eigenvalue weighted by Crippen LogP contribution is 2.13. The van der Waals surface area contributed by atoms with E-state index in [9.17, 15) is 9.59 Å². The van der Waals surface area contributed by atoms with Crippen molar-refractivity contribution in [3.8, 4) is 0 Å². The number of aliphatic carboxylic acids is 2. The van der Waals surface area contributed by atoms with Crippen molar-refractivity contribution in [1.82, 2.24) is 4.90 Å². The first-order valence-corrected chi connectivity index (χ1v) is 5.99. The summed E-state index contributed by atoms with van der Waals surface area (Å²) in [5.74, 6) is -2.31. The van der Waals surface area contributed by atoms with Crippen molar-refractivity contribution < 1.29 is 24.5 Å². The molecule has 0 radical (unpaired) electrons. The Balaban J connectivity index is 2.45. The number of morpholine rings is 1. The second-order valence-electron chi connectivity index (χ2n) is 4.27. The fourth-order valence-corrected chi connectivity index (χ4v) is 1.89. The van der Waals surface area contributed by atoms with E-state index in [1.165, 1.54) is 6.92 Å².